The van der Waals surface area contributed by atoms with Gasteiger partial charge in [0.25, 0.3) is 0 Å². The molecule has 9 heteroatoms. The van der Waals surface area contributed by atoms with Crippen LogP contribution in [0.15, 0.2) is 12.1 Å². The third kappa shape index (κ3) is 3.82. The lowest BCUT2D eigenvalue weighted by Crippen LogP contribution is -2.67. The van der Waals surface area contributed by atoms with Gasteiger partial charge in [0.1, 0.15) is 11.6 Å². The Hall–Kier alpha value is -2.22. The summed E-state index contributed by atoms with van der Waals surface area (Å²) in [6.45, 7) is 0. The molecule has 0 aromatic heterocycles. The minimum absolute atomic E-state index is 0.0735. The highest BCUT2D eigenvalue weighted by atomic mass is 35.5. The summed E-state index contributed by atoms with van der Waals surface area (Å²) < 4.78 is 29.2. The van der Waals surface area contributed by atoms with Crippen LogP contribution in [0, 0.1) is 23.5 Å². The van der Waals surface area contributed by atoms with Gasteiger partial charge in [-0.2, -0.15) is 0 Å². The highest BCUT2D eigenvalue weighted by molar-refractivity contribution is 6.30. The summed E-state index contributed by atoms with van der Waals surface area (Å²) in [5, 5.41) is 7.55. The second-order valence-corrected chi connectivity index (χ2v) is 8.76. The summed E-state index contributed by atoms with van der Waals surface area (Å²) in [5.41, 5.74) is -0.909. The fourth-order valence-electron chi connectivity index (χ4n) is 4.93. The van der Waals surface area contributed by atoms with Gasteiger partial charge in [-0.3, -0.25) is 14.9 Å². The number of hydrogen-bond donors (Lipinski definition) is 3. The first-order valence-electron chi connectivity index (χ1n) is 9.84. The molecule has 0 bridgehead atoms. The number of imide groups is 1. The zero-order valence-electron chi connectivity index (χ0n) is 15.7. The Morgan fingerprint density at radius 1 is 1.21 bits per heavy atom. The molecule has 1 saturated heterocycles. The lowest BCUT2D eigenvalue weighted by atomic mass is 9.65. The van der Waals surface area contributed by atoms with Crippen LogP contribution in [0.5, 0.6) is 0 Å². The molecule has 1 spiro atoms. The van der Waals surface area contributed by atoms with Crippen molar-refractivity contribution in [3.05, 3.63) is 34.4 Å². The maximum atomic E-state index is 14.7. The molecular weight excluding hydrogens is 404 g/mol. The summed E-state index contributed by atoms with van der Waals surface area (Å²) in [6.07, 6.45) is 4.16. The molecule has 1 aromatic rings. The Labute approximate surface area is 171 Å². The first-order chi connectivity index (χ1) is 13.8. The molecule has 0 unspecified atom stereocenters. The molecule has 1 atom stereocenters. The average molecular weight is 426 g/mol. The maximum absolute atomic E-state index is 14.7. The minimum atomic E-state index is -0.842. The van der Waals surface area contributed by atoms with Crippen LogP contribution in [0.1, 0.15) is 56.6 Å². The van der Waals surface area contributed by atoms with Crippen LogP contribution in [0.25, 0.3) is 0 Å². The van der Waals surface area contributed by atoms with Crippen LogP contribution in [-0.2, 0) is 9.59 Å². The fourth-order valence-corrected chi connectivity index (χ4v) is 5.09. The molecule has 2 aliphatic carbocycles. The Morgan fingerprint density at radius 2 is 1.90 bits per heavy atom. The van der Waals surface area contributed by atoms with Gasteiger partial charge in [0.05, 0.1) is 23.0 Å². The zero-order chi connectivity index (χ0) is 20.8. The van der Waals surface area contributed by atoms with E-state index in [-0.39, 0.29) is 34.7 Å². The van der Waals surface area contributed by atoms with Crippen molar-refractivity contribution < 1.29 is 23.2 Å². The van der Waals surface area contributed by atoms with Gasteiger partial charge in [-0.1, -0.05) is 24.4 Å². The number of amides is 4. The van der Waals surface area contributed by atoms with Crippen LogP contribution in [0.3, 0.4) is 0 Å². The number of nitrogens with one attached hydrogen (secondary N) is 3. The number of halogens is 3. The molecule has 6 nitrogen and oxygen atoms in total. The van der Waals surface area contributed by atoms with Crippen molar-refractivity contribution in [1.29, 1.82) is 0 Å². The quantitative estimate of drug-likeness (QED) is 0.646. The SMILES string of the molecule is O=C1CC2(CC(C(=O)N[C@H](c3c(F)ccc(Cl)c3F)C3CCCC3)C2)NC(=O)N1. The second kappa shape index (κ2) is 7.55. The van der Waals surface area contributed by atoms with Gasteiger partial charge in [0.15, 0.2) is 0 Å². The summed E-state index contributed by atoms with van der Waals surface area (Å²) in [4.78, 5) is 36.1. The Kier molecular flexibility index (Phi) is 5.23. The van der Waals surface area contributed by atoms with Gasteiger partial charge in [0.2, 0.25) is 11.8 Å². The Bertz CT molecular complexity index is 849. The fraction of sp³-hybridized carbons (Fsp3) is 0.550. The summed E-state index contributed by atoms with van der Waals surface area (Å²) in [5.74, 6) is -2.78. The molecule has 3 fully saturated rings. The molecule has 2 saturated carbocycles. The number of urea groups is 1. The van der Waals surface area contributed by atoms with Crippen molar-refractivity contribution in [2.45, 2.75) is 56.5 Å². The van der Waals surface area contributed by atoms with Gasteiger partial charge in [-0.05, 0) is 43.7 Å². The lowest BCUT2D eigenvalue weighted by Gasteiger charge is -2.49. The number of carbonyl (C=O) groups is 3. The Morgan fingerprint density at radius 3 is 2.55 bits per heavy atom. The average Bonchev–Trinajstić information content (AvgIpc) is 3.15. The smallest absolute Gasteiger partial charge is 0.321 e. The maximum Gasteiger partial charge on any atom is 0.321 e. The minimum Gasteiger partial charge on any atom is -0.349 e. The van der Waals surface area contributed by atoms with E-state index in [1.54, 1.807) is 0 Å². The first kappa shape index (κ1) is 20.1. The van der Waals surface area contributed by atoms with E-state index in [0.29, 0.717) is 12.8 Å². The van der Waals surface area contributed by atoms with Crippen LogP contribution in [0.4, 0.5) is 13.6 Å². The van der Waals surface area contributed by atoms with Crippen LogP contribution in [0.2, 0.25) is 5.02 Å². The van der Waals surface area contributed by atoms with Crippen molar-refractivity contribution in [2.75, 3.05) is 0 Å². The van der Waals surface area contributed by atoms with Gasteiger partial charge in [-0.15, -0.1) is 0 Å². The molecule has 3 N–H and O–H groups in total. The first-order valence-corrected chi connectivity index (χ1v) is 10.2. The van der Waals surface area contributed by atoms with Crippen LogP contribution >= 0.6 is 11.6 Å². The predicted octanol–water partition coefficient (Wildman–Crippen LogP) is 3.34. The third-order valence-corrected chi connectivity index (χ3v) is 6.63. The number of hydrogen-bond acceptors (Lipinski definition) is 3. The number of rotatable bonds is 4. The number of carbonyl (C=O) groups excluding carboxylic acids is 3. The molecule has 4 rings (SSSR count). The summed E-state index contributed by atoms with van der Waals surface area (Å²) in [6, 6.07) is 0.913. The van der Waals surface area contributed by atoms with Gasteiger partial charge >= 0.3 is 6.03 Å². The Balaban J connectivity index is 1.51. The van der Waals surface area contributed by atoms with E-state index >= 15 is 0 Å². The third-order valence-electron chi connectivity index (χ3n) is 6.34. The largest absolute Gasteiger partial charge is 0.349 e. The zero-order valence-corrected chi connectivity index (χ0v) is 16.5. The normalized spacial score (nSPS) is 27.9. The molecule has 4 amide bonds. The molecule has 1 aromatic carbocycles. The molecule has 1 aliphatic heterocycles. The molecule has 3 aliphatic rings. The predicted molar refractivity (Wildman–Crippen MR) is 101 cm³/mol. The van der Waals surface area contributed by atoms with Crippen LogP contribution < -0.4 is 16.0 Å². The van der Waals surface area contributed by atoms with E-state index in [1.807, 2.05) is 0 Å². The standard InChI is InChI=1S/C20H22ClF2N3O3/c21-12-5-6-13(22)15(16(12)23)17(10-3-1-2-4-10)25-18(28)11-7-20(8-11)9-14(27)24-19(29)26-20/h5-6,10-11,17H,1-4,7-9H2,(H,25,28)(H2,24,26,27,29)/t11?,17-,20?/m0/s1. The topological polar surface area (TPSA) is 87.3 Å². The summed E-state index contributed by atoms with van der Waals surface area (Å²) in [7, 11) is 0. The van der Waals surface area contributed by atoms with Crippen molar-refractivity contribution in [3.63, 3.8) is 0 Å². The van der Waals surface area contributed by atoms with E-state index in [2.05, 4.69) is 16.0 Å². The molecule has 29 heavy (non-hydrogen) atoms. The van der Waals surface area contributed by atoms with Crippen molar-refractivity contribution >= 4 is 29.4 Å². The lowest BCUT2D eigenvalue weighted by molar-refractivity contribution is -0.135. The van der Waals surface area contributed by atoms with E-state index in [0.717, 1.165) is 37.8 Å². The number of benzene rings is 1. The van der Waals surface area contributed by atoms with Gasteiger partial charge in [0, 0.05) is 11.5 Å². The highest BCUT2D eigenvalue weighted by Crippen LogP contribution is 2.43. The summed E-state index contributed by atoms with van der Waals surface area (Å²) >= 11 is 5.87. The van der Waals surface area contributed by atoms with Crippen molar-refractivity contribution in [2.24, 2.45) is 11.8 Å². The monoisotopic (exact) mass is 425 g/mol. The molecule has 0 radical (unpaired) electrons. The van der Waals surface area contributed by atoms with E-state index < -0.39 is 35.2 Å². The van der Waals surface area contributed by atoms with Crippen LogP contribution in [-0.4, -0.2) is 23.4 Å². The van der Waals surface area contributed by atoms with Crippen molar-refractivity contribution in [1.82, 2.24) is 16.0 Å². The molecule has 1 heterocycles. The molecule has 156 valence electrons. The van der Waals surface area contributed by atoms with Gasteiger partial charge < -0.3 is 10.6 Å². The molecular formula is C20H22ClF2N3O3. The van der Waals surface area contributed by atoms with E-state index in [4.69, 9.17) is 11.6 Å². The van der Waals surface area contributed by atoms with Gasteiger partial charge in [-0.25, -0.2) is 13.6 Å². The second-order valence-electron chi connectivity index (χ2n) is 8.35. The van der Waals surface area contributed by atoms with Crippen molar-refractivity contribution in [3.8, 4) is 0 Å². The highest BCUT2D eigenvalue weighted by Gasteiger charge is 2.52. The van der Waals surface area contributed by atoms with E-state index in [1.165, 1.54) is 0 Å². The van der Waals surface area contributed by atoms with E-state index in [9.17, 15) is 23.2 Å².